The molecule has 0 aliphatic carbocycles. The van der Waals surface area contributed by atoms with E-state index in [0.717, 1.165) is 38.8 Å². The van der Waals surface area contributed by atoms with Gasteiger partial charge in [0.25, 0.3) is 0 Å². The number of nitrogens with zero attached hydrogens (tertiary/aromatic N) is 1. The van der Waals surface area contributed by atoms with Crippen molar-refractivity contribution in [1.82, 2.24) is 4.90 Å². The zero-order valence-electron chi connectivity index (χ0n) is 13.4. The van der Waals surface area contributed by atoms with Gasteiger partial charge in [-0.15, -0.1) is 0 Å². The number of benzene rings is 1. The number of hydrogen-bond donors (Lipinski definition) is 2. The van der Waals surface area contributed by atoms with E-state index >= 15 is 0 Å². The number of carbonyl (C=O) groups excluding carboxylic acids is 3. The number of amides is 3. The molecule has 124 valence electrons. The van der Waals surface area contributed by atoms with Gasteiger partial charge in [-0.3, -0.25) is 14.4 Å². The summed E-state index contributed by atoms with van der Waals surface area (Å²) in [5.41, 5.74) is 1.17. The summed E-state index contributed by atoms with van der Waals surface area (Å²) in [5, 5.41) is 5.36. The molecule has 1 aliphatic heterocycles. The lowest BCUT2D eigenvalue weighted by Crippen LogP contribution is -2.34. The van der Waals surface area contributed by atoms with Crippen LogP contribution in [0.1, 0.15) is 39.0 Å². The van der Waals surface area contributed by atoms with Crippen LogP contribution >= 0.6 is 0 Å². The predicted molar refractivity (Wildman–Crippen MR) is 89.0 cm³/mol. The molecule has 1 heterocycles. The van der Waals surface area contributed by atoms with Crippen LogP contribution in [0.3, 0.4) is 0 Å². The quantitative estimate of drug-likeness (QED) is 0.837. The average molecular weight is 317 g/mol. The smallest absolute Gasteiger partial charge is 0.233 e. The molecule has 1 aliphatic rings. The molecule has 1 aromatic carbocycles. The average Bonchev–Trinajstić information content (AvgIpc) is 2.75. The Kier molecular flexibility index (Phi) is 6.14. The normalized spacial score (nSPS) is 14.7. The third-order valence-electron chi connectivity index (χ3n) is 3.74. The fourth-order valence-electron chi connectivity index (χ4n) is 2.65. The van der Waals surface area contributed by atoms with Crippen molar-refractivity contribution in [1.29, 1.82) is 0 Å². The fraction of sp³-hybridized carbons (Fsp3) is 0.471. The molecule has 1 fully saturated rings. The van der Waals surface area contributed by atoms with Gasteiger partial charge >= 0.3 is 0 Å². The Hall–Kier alpha value is -2.37. The Morgan fingerprint density at radius 3 is 2.22 bits per heavy atom. The van der Waals surface area contributed by atoms with Gasteiger partial charge in [0.2, 0.25) is 17.7 Å². The van der Waals surface area contributed by atoms with Crippen LogP contribution in [0.2, 0.25) is 0 Å². The van der Waals surface area contributed by atoms with Gasteiger partial charge in [-0.2, -0.15) is 0 Å². The molecule has 6 nitrogen and oxygen atoms in total. The van der Waals surface area contributed by atoms with Crippen molar-refractivity contribution in [3.05, 3.63) is 24.3 Å². The Morgan fingerprint density at radius 2 is 1.61 bits per heavy atom. The van der Waals surface area contributed by atoms with Gasteiger partial charge in [0, 0.05) is 31.4 Å². The van der Waals surface area contributed by atoms with E-state index in [4.69, 9.17) is 0 Å². The summed E-state index contributed by atoms with van der Waals surface area (Å²) in [6.07, 6.45) is 4.15. The second-order valence-electron chi connectivity index (χ2n) is 5.78. The van der Waals surface area contributed by atoms with Crippen molar-refractivity contribution in [2.75, 3.05) is 23.7 Å². The molecule has 1 aromatic rings. The second-order valence-corrected chi connectivity index (χ2v) is 5.78. The number of carbonyl (C=O) groups is 3. The number of hydrogen-bond acceptors (Lipinski definition) is 3. The topological polar surface area (TPSA) is 78.5 Å². The molecule has 2 N–H and O–H groups in total. The van der Waals surface area contributed by atoms with Crippen LogP contribution < -0.4 is 10.6 Å². The monoisotopic (exact) mass is 317 g/mol. The van der Waals surface area contributed by atoms with Gasteiger partial charge in [-0.1, -0.05) is 18.9 Å². The largest absolute Gasteiger partial charge is 0.342 e. The lowest BCUT2D eigenvalue weighted by atomic mass is 10.2. The van der Waals surface area contributed by atoms with Crippen LogP contribution in [0, 0.1) is 0 Å². The van der Waals surface area contributed by atoms with Gasteiger partial charge < -0.3 is 15.5 Å². The van der Waals surface area contributed by atoms with E-state index in [-0.39, 0.29) is 24.1 Å². The second kappa shape index (κ2) is 8.31. The Morgan fingerprint density at radius 1 is 1.00 bits per heavy atom. The number of likely N-dealkylation sites (tertiary alicyclic amines) is 1. The molecule has 0 unspecified atom stereocenters. The zero-order chi connectivity index (χ0) is 16.7. The third-order valence-corrected chi connectivity index (χ3v) is 3.74. The highest BCUT2D eigenvalue weighted by Gasteiger charge is 2.18. The molecular formula is C17H23N3O3. The van der Waals surface area contributed by atoms with Crippen molar-refractivity contribution in [3.8, 4) is 0 Å². The van der Waals surface area contributed by atoms with Crippen LogP contribution in [0.4, 0.5) is 11.4 Å². The molecule has 1 saturated heterocycles. The summed E-state index contributed by atoms with van der Waals surface area (Å²) in [4.78, 5) is 37.0. The molecule has 0 aromatic heterocycles. The molecule has 0 radical (unpaired) electrons. The van der Waals surface area contributed by atoms with E-state index in [2.05, 4.69) is 10.6 Å². The van der Waals surface area contributed by atoms with Crippen LogP contribution in [-0.4, -0.2) is 35.7 Å². The maximum atomic E-state index is 12.2. The summed E-state index contributed by atoms with van der Waals surface area (Å²) in [7, 11) is 0. The predicted octanol–water partition coefficient (Wildman–Crippen LogP) is 2.38. The first kappa shape index (κ1) is 17.0. The van der Waals surface area contributed by atoms with Crippen molar-refractivity contribution in [3.63, 3.8) is 0 Å². The van der Waals surface area contributed by atoms with Crippen molar-refractivity contribution in [2.45, 2.75) is 39.0 Å². The highest BCUT2D eigenvalue weighted by atomic mass is 16.2. The summed E-state index contributed by atoms with van der Waals surface area (Å²) < 4.78 is 0. The van der Waals surface area contributed by atoms with Gasteiger partial charge in [0.15, 0.2) is 0 Å². The molecular weight excluding hydrogens is 294 g/mol. The van der Waals surface area contributed by atoms with Crippen LogP contribution in [0.5, 0.6) is 0 Å². The summed E-state index contributed by atoms with van der Waals surface area (Å²) >= 11 is 0. The van der Waals surface area contributed by atoms with Crippen molar-refractivity contribution < 1.29 is 14.4 Å². The van der Waals surface area contributed by atoms with Gasteiger partial charge in [-0.05, 0) is 31.0 Å². The molecule has 0 saturated carbocycles. The summed E-state index contributed by atoms with van der Waals surface area (Å²) in [5.74, 6) is -0.633. The first-order valence-corrected chi connectivity index (χ1v) is 8.00. The minimum atomic E-state index is -0.334. The van der Waals surface area contributed by atoms with Crippen LogP contribution in [-0.2, 0) is 14.4 Å². The van der Waals surface area contributed by atoms with Crippen molar-refractivity contribution >= 4 is 29.1 Å². The maximum Gasteiger partial charge on any atom is 0.233 e. The molecule has 2 rings (SSSR count). The van der Waals surface area contributed by atoms with E-state index in [1.807, 2.05) is 0 Å². The summed E-state index contributed by atoms with van der Waals surface area (Å²) in [6.45, 7) is 2.90. The minimum Gasteiger partial charge on any atom is -0.342 e. The highest BCUT2D eigenvalue weighted by molar-refractivity contribution is 6.03. The van der Waals surface area contributed by atoms with Gasteiger partial charge in [-0.25, -0.2) is 0 Å². The Balaban J connectivity index is 1.88. The van der Waals surface area contributed by atoms with Gasteiger partial charge in [0.05, 0.1) is 0 Å². The zero-order valence-corrected chi connectivity index (χ0v) is 13.4. The molecule has 3 amide bonds. The lowest BCUT2D eigenvalue weighted by molar-refractivity contribution is -0.134. The van der Waals surface area contributed by atoms with E-state index in [9.17, 15) is 14.4 Å². The SMILES string of the molecule is CC(=O)Nc1cccc(NC(=O)CC(=O)N2CCCCCC2)c1. The molecule has 0 bridgehead atoms. The maximum absolute atomic E-state index is 12.2. The Bertz CT molecular complexity index is 578. The number of nitrogens with one attached hydrogen (secondary N) is 2. The fourth-order valence-corrected chi connectivity index (χ4v) is 2.65. The van der Waals surface area contributed by atoms with E-state index < -0.39 is 0 Å². The van der Waals surface area contributed by atoms with E-state index in [1.54, 1.807) is 29.2 Å². The first-order chi connectivity index (χ1) is 11.0. The molecule has 0 spiro atoms. The lowest BCUT2D eigenvalue weighted by Gasteiger charge is -2.20. The van der Waals surface area contributed by atoms with E-state index in [1.165, 1.54) is 6.92 Å². The summed E-state index contributed by atoms with van der Waals surface area (Å²) in [6, 6.07) is 6.85. The number of rotatable bonds is 4. The molecule has 6 heteroatoms. The minimum absolute atomic E-state index is 0.123. The standard InChI is InChI=1S/C17H23N3O3/c1-13(21)18-14-7-6-8-15(11-14)19-16(22)12-17(23)20-9-4-2-3-5-10-20/h6-8,11H,2-5,9-10,12H2,1H3,(H,18,21)(H,19,22). The number of anilines is 2. The third kappa shape index (κ3) is 5.73. The van der Waals surface area contributed by atoms with Crippen molar-refractivity contribution in [2.24, 2.45) is 0 Å². The Labute approximate surface area is 136 Å². The molecule has 0 atom stereocenters. The first-order valence-electron chi connectivity index (χ1n) is 8.00. The van der Waals surface area contributed by atoms with Crippen LogP contribution in [0.25, 0.3) is 0 Å². The molecule has 23 heavy (non-hydrogen) atoms. The highest BCUT2D eigenvalue weighted by Crippen LogP contribution is 2.16. The van der Waals surface area contributed by atoms with Gasteiger partial charge in [0.1, 0.15) is 6.42 Å². The van der Waals surface area contributed by atoms with E-state index in [0.29, 0.717) is 11.4 Å². The van der Waals surface area contributed by atoms with Crippen LogP contribution in [0.15, 0.2) is 24.3 Å².